The summed E-state index contributed by atoms with van der Waals surface area (Å²) in [6.45, 7) is 0.545. The minimum absolute atomic E-state index is 0.545. The Kier molecular flexibility index (Phi) is 2.94. The Morgan fingerprint density at radius 1 is 1.33 bits per heavy atom. The third-order valence-electron chi connectivity index (χ3n) is 1.61. The highest BCUT2D eigenvalue weighted by Crippen LogP contribution is 2.21. The zero-order valence-corrected chi connectivity index (χ0v) is 7.33. The quantitative estimate of drug-likeness (QED) is 0.692. The zero-order chi connectivity index (χ0) is 8.97. The first kappa shape index (κ1) is 8.87. The summed E-state index contributed by atoms with van der Waals surface area (Å²) >= 11 is 0. The first-order valence-corrected chi connectivity index (χ1v) is 3.69. The maximum Gasteiger partial charge on any atom is 0.126 e. The molecule has 0 aliphatic rings. The van der Waals surface area contributed by atoms with E-state index < -0.39 is 0 Å². The van der Waals surface area contributed by atoms with Gasteiger partial charge in [-0.2, -0.15) is 0 Å². The lowest BCUT2D eigenvalue weighted by molar-refractivity contribution is 0.181. The van der Waals surface area contributed by atoms with Crippen LogP contribution < -0.4 is 10.5 Å². The van der Waals surface area contributed by atoms with Gasteiger partial charge < -0.3 is 15.2 Å². The minimum Gasteiger partial charge on any atom is -0.496 e. The van der Waals surface area contributed by atoms with Gasteiger partial charge >= 0.3 is 0 Å². The van der Waals surface area contributed by atoms with Crippen LogP contribution >= 0.6 is 0 Å². The molecule has 0 saturated heterocycles. The van der Waals surface area contributed by atoms with Gasteiger partial charge in [-0.25, -0.2) is 0 Å². The number of benzene rings is 1. The molecule has 0 aromatic heterocycles. The average molecular weight is 167 g/mol. The number of ether oxygens (including phenoxy) is 2. The van der Waals surface area contributed by atoms with Gasteiger partial charge in [0.15, 0.2) is 0 Å². The number of nitrogen functional groups attached to an aromatic ring is 1. The van der Waals surface area contributed by atoms with E-state index in [1.807, 2.05) is 12.1 Å². The average Bonchev–Trinajstić information content (AvgIpc) is 2.08. The maximum absolute atomic E-state index is 5.58. The topological polar surface area (TPSA) is 44.5 Å². The van der Waals surface area contributed by atoms with Crippen molar-refractivity contribution in [1.29, 1.82) is 0 Å². The predicted molar refractivity (Wildman–Crippen MR) is 48.1 cm³/mol. The summed E-state index contributed by atoms with van der Waals surface area (Å²) in [7, 11) is 3.27. The number of methoxy groups -OCH3 is 2. The fourth-order valence-corrected chi connectivity index (χ4v) is 1.04. The van der Waals surface area contributed by atoms with E-state index in [1.165, 1.54) is 0 Å². The summed E-state index contributed by atoms with van der Waals surface area (Å²) < 4.78 is 10.1. The number of hydrogen-bond acceptors (Lipinski definition) is 3. The summed E-state index contributed by atoms with van der Waals surface area (Å²) in [6.07, 6.45) is 0. The van der Waals surface area contributed by atoms with Crippen LogP contribution in [0.25, 0.3) is 0 Å². The molecule has 12 heavy (non-hydrogen) atoms. The van der Waals surface area contributed by atoms with Gasteiger partial charge in [-0.1, -0.05) is 6.07 Å². The third kappa shape index (κ3) is 1.89. The normalized spacial score (nSPS) is 9.83. The third-order valence-corrected chi connectivity index (χ3v) is 1.61. The van der Waals surface area contributed by atoms with E-state index in [0.717, 1.165) is 11.3 Å². The summed E-state index contributed by atoms with van der Waals surface area (Å²) in [4.78, 5) is 0. The Balaban J connectivity index is 2.94. The van der Waals surface area contributed by atoms with Crippen LogP contribution in [-0.4, -0.2) is 14.2 Å². The van der Waals surface area contributed by atoms with Crippen LogP contribution in [0.3, 0.4) is 0 Å². The summed E-state index contributed by atoms with van der Waals surface area (Å²) in [6, 6.07) is 5.52. The molecule has 0 radical (unpaired) electrons. The fraction of sp³-hybridized carbons (Fsp3) is 0.333. The summed E-state index contributed by atoms with van der Waals surface area (Å²) in [5.41, 5.74) is 7.29. The van der Waals surface area contributed by atoms with Crippen molar-refractivity contribution in [3.8, 4) is 5.75 Å². The molecule has 66 valence electrons. The molecule has 0 aliphatic carbocycles. The molecule has 0 heterocycles. The fourth-order valence-electron chi connectivity index (χ4n) is 1.04. The van der Waals surface area contributed by atoms with Crippen molar-refractivity contribution in [2.45, 2.75) is 6.61 Å². The smallest absolute Gasteiger partial charge is 0.126 e. The number of anilines is 1. The molecule has 1 aromatic carbocycles. The lowest BCUT2D eigenvalue weighted by atomic mass is 10.2. The lowest BCUT2D eigenvalue weighted by Crippen LogP contribution is -1.95. The Hall–Kier alpha value is -1.22. The summed E-state index contributed by atoms with van der Waals surface area (Å²) in [5.74, 6) is 0.775. The highest BCUT2D eigenvalue weighted by molar-refractivity contribution is 5.48. The molecule has 0 unspecified atom stereocenters. The van der Waals surface area contributed by atoms with Crippen LogP contribution in [0, 0.1) is 0 Å². The molecule has 3 heteroatoms. The van der Waals surface area contributed by atoms with Crippen LogP contribution in [-0.2, 0) is 11.3 Å². The Labute approximate surface area is 72.1 Å². The monoisotopic (exact) mass is 167 g/mol. The SMILES string of the molecule is COCc1ccc(N)cc1OC. The molecule has 1 rings (SSSR count). The van der Waals surface area contributed by atoms with E-state index in [0.29, 0.717) is 12.3 Å². The van der Waals surface area contributed by atoms with Gasteiger partial charge in [0.1, 0.15) is 5.75 Å². The van der Waals surface area contributed by atoms with Crippen molar-refractivity contribution in [1.82, 2.24) is 0 Å². The van der Waals surface area contributed by atoms with E-state index in [2.05, 4.69) is 0 Å². The van der Waals surface area contributed by atoms with Crippen LogP contribution in [0.5, 0.6) is 5.75 Å². The van der Waals surface area contributed by atoms with Crippen molar-refractivity contribution in [2.75, 3.05) is 20.0 Å². The molecule has 3 nitrogen and oxygen atoms in total. The zero-order valence-electron chi connectivity index (χ0n) is 7.33. The minimum atomic E-state index is 0.545. The van der Waals surface area contributed by atoms with Crippen molar-refractivity contribution in [2.24, 2.45) is 0 Å². The first-order chi connectivity index (χ1) is 5.77. The van der Waals surface area contributed by atoms with E-state index >= 15 is 0 Å². The van der Waals surface area contributed by atoms with Crippen LogP contribution in [0.4, 0.5) is 5.69 Å². The van der Waals surface area contributed by atoms with E-state index in [-0.39, 0.29) is 0 Å². The summed E-state index contributed by atoms with van der Waals surface area (Å²) in [5, 5.41) is 0. The van der Waals surface area contributed by atoms with Crippen molar-refractivity contribution < 1.29 is 9.47 Å². The van der Waals surface area contributed by atoms with Crippen LogP contribution in [0.1, 0.15) is 5.56 Å². The molecule has 0 saturated carbocycles. The van der Waals surface area contributed by atoms with Crippen LogP contribution in [0.2, 0.25) is 0 Å². The van der Waals surface area contributed by atoms with Crippen molar-refractivity contribution in [3.63, 3.8) is 0 Å². The van der Waals surface area contributed by atoms with Gasteiger partial charge in [0.25, 0.3) is 0 Å². The first-order valence-electron chi connectivity index (χ1n) is 3.69. The van der Waals surface area contributed by atoms with E-state index in [1.54, 1.807) is 20.3 Å². The van der Waals surface area contributed by atoms with Gasteiger partial charge in [-0.05, 0) is 6.07 Å². The maximum atomic E-state index is 5.58. The molecule has 0 fully saturated rings. The molecule has 0 bridgehead atoms. The predicted octanol–water partition coefficient (Wildman–Crippen LogP) is 1.42. The van der Waals surface area contributed by atoms with Crippen LogP contribution in [0.15, 0.2) is 18.2 Å². The van der Waals surface area contributed by atoms with Gasteiger partial charge in [-0.3, -0.25) is 0 Å². The number of nitrogens with two attached hydrogens (primary N) is 1. The van der Waals surface area contributed by atoms with Gasteiger partial charge in [0.05, 0.1) is 13.7 Å². The van der Waals surface area contributed by atoms with Crippen molar-refractivity contribution >= 4 is 5.69 Å². The standard InChI is InChI=1S/C9H13NO2/c1-11-6-7-3-4-8(10)5-9(7)12-2/h3-5H,6,10H2,1-2H3. The molecule has 0 atom stereocenters. The number of hydrogen-bond donors (Lipinski definition) is 1. The molecule has 0 spiro atoms. The van der Waals surface area contributed by atoms with Gasteiger partial charge in [-0.15, -0.1) is 0 Å². The number of rotatable bonds is 3. The lowest BCUT2D eigenvalue weighted by Gasteiger charge is -2.07. The Morgan fingerprint density at radius 2 is 2.08 bits per heavy atom. The molecular formula is C9H13NO2. The largest absolute Gasteiger partial charge is 0.496 e. The highest BCUT2D eigenvalue weighted by atomic mass is 16.5. The second-order valence-electron chi connectivity index (χ2n) is 2.50. The van der Waals surface area contributed by atoms with Gasteiger partial charge in [0.2, 0.25) is 0 Å². The molecule has 1 aromatic rings. The van der Waals surface area contributed by atoms with Crippen molar-refractivity contribution in [3.05, 3.63) is 23.8 Å². The highest BCUT2D eigenvalue weighted by Gasteiger charge is 2.01. The second-order valence-corrected chi connectivity index (χ2v) is 2.50. The Bertz CT molecular complexity index is 261. The van der Waals surface area contributed by atoms with E-state index in [9.17, 15) is 0 Å². The molecule has 2 N–H and O–H groups in total. The van der Waals surface area contributed by atoms with E-state index in [4.69, 9.17) is 15.2 Å². The second kappa shape index (κ2) is 3.97. The Morgan fingerprint density at radius 3 is 2.67 bits per heavy atom. The molecular weight excluding hydrogens is 154 g/mol. The molecule has 0 amide bonds. The molecule has 0 aliphatic heterocycles. The van der Waals surface area contributed by atoms with Gasteiger partial charge in [0, 0.05) is 24.4 Å².